The molecule has 0 fully saturated rings. The van der Waals surface area contributed by atoms with Gasteiger partial charge in [0.05, 0.1) is 16.3 Å². The molecule has 0 aliphatic rings. The SMILES string of the molecule is CC(Oc1ccc(Cl)cc1)C(=O)NN=Cc1c(Cl)cccc1Cl. The van der Waals surface area contributed by atoms with Crippen LogP contribution in [0.2, 0.25) is 15.1 Å². The van der Waals surface area contributed by atoms with Crippen LogP contribution in [0.15, 0.2) is 47.6 Å². The highest BCUT2D eigenvalue weighted by Gasteiger charge is 2.14. The molecule has 0 aromatic heterocycles. The molecule has 23 heavy (non-hydrogen) atoms. The number of amides is 1. The van der Waals surface area contributed by atoms with Gasteiger partial charge in [0.15, 0.2) is 6.10 Å². The molecule has 0 saturated heterocycles. The average molecular weight is 372 g/mol. The summed E-state index contributed by atoms with van der Waals surface area (Å²) in [6.45, 7) is 1.61. The van der Waals surface area contributed by atoms with E-state index in [4.69, 9.17) is 39.5 Å². The van der Waals surface area contributed by atoms with E-state index in [2.05, 4.69) is 10.5 Å². The molecular weight excluding hydrogens is 359 g/mol. The Morgan fingerprint density at radius 2 is 1.74 bits per heavy atom. The Morgan fingerprint density at radius 3 is 2.35 bits per heavy atom. The standard InChI is InChI=1S/C16H13Cl3N2O2/c1-10(23-12-7-5-11(17)6-8-12)16(22)21-20-9-13-14(18)3-2-4-15(13)19/h2-10H,1H3,(H,21,22). The van der Waals surface area contributed by atoms with Gasteiger partial charge in [0.25, 0.3) is 5.91 Å². The first kappa shape index (κ1) is 17.6. The number of benzene rings is 2. The third-order valence-electron chi connectivity index (χ3n) is 2.86. The van der Waals surface area contributed by atoms with Gasteiger partial charge >= 0.3 is 0 Å². The van der Waals surface area contributed by atoms with Crippen molar-refractivity contribution in [3.63, 3.8) is 0 Å². The van der Waals surface area contributed by atoms with Gasteiger partial charge in [-0.2, -0.15) is 5.10 Å². The molecule has 0 heterocycles. The Kier molecular flexibility index (Phi) is 6.28. The predicted octanol–water partition coefficient (Wildman–Crippen LogP) is 4.56. The number of carbonyl (C=O) groups excluding carboxylic acids is 1. The highest BCUT2D eigenvalue weighted by molar-refractivity contribution is 6.38. The molecule has 0 saturated carbocycles. The smallest absolute Gasteiger partial charge is 0.280 e. The van der Waals surface area contributed by atoms with Crippen molar-refractivity contribution in [2.75, 3.05) is 0 Å². The van der Waals surface area contributed by atoms with Crippen molar-refractivity contribution in [3.05, 3.63) is 63.1 Å². The predicted molar refractivity (Wildman–Crippen MR) is 93.7 cm³/mol. The third-order valence-corrected chi connectivity index (χ3v) is 3.77. The first-order valence-corrected chi connectivity index (χ1v) is 7.80. The molecule has 0 radical (unpaired) electrons. The van der Waals surface area contributed by atoms with Crippen LogP contribution in [0.5, 0.6) is 5.75 Å². The van der Waals surface area contributed by atoms with Crippen LogP contribution in [0.4, 0.5) is 0 Å². The van der Waals surface area contributed by atoms with Gasteiger partial charge in [-0.25, -0.2) is 5.43 Å². The second-order valence-electron chi connectivity index (χ2n) is 4.58. The van der Waals surface area contributed by atoms with Crippen LogP contribution in [0, 0.1) is 0 Å². The summed E-state index contributed by atoms with van der Waals surface area (Å²) in [6, 6.07) is 11.8. The zero-order chi connectivity index (χ0) is 16.8. The van der Waals surface area contributed by atoms with Crippen LogP contribution in [0.25, 0.3) is 0 Å². The maximum atomic E-state index is 11.9. The van der Waals surface area contributed by atoms with Crippen LogP contribution < -0.4 is 10.2 Å². The molecule has 4 nitrogen and oxygen atoms in total. The molecule has 0 spiro atoms. The number of carbonyl (C=O) groups is 1. The number of hydrogen-bond acceptors (Lipinski definition) is 3. The fourth-order valence-electron chi connectivity index (χ4n) is 1.66. The second kappa shape index (κ2) is 8.20. The molecule has 120 valence electrons. The number of nitrogens with zero attached hydrogens (tertiary/aromatic N) is 1. The molecule has 2 aromatic rings. The van der Waals surface area contributed by atoms with Crippen molar-refractivity contribution in [3.8, 4) is 5.75 Å². The summed E-state index contributed by atoms with van der Waals surface area (Å²) in [4.78, 5) is 11.9. The van der Waals surface area contributed by atoms with Crippen molar-refractivity contribution >= 4 is 46.9 Å². The Morgan fingerprint density at radius 1 is 1.13 bits per heavy atom. The van der Waals surface area contributed by atoms with Crippen LogP contribution in [-0.4, -0.2) is 18.2 Å². The van der Waals surface area contributed by atoms with Crippen molar-refractivity contribution in [2.45, 2.75) is 13.0 Å². The number of nitrogens with one attached hydrogen (secondary N) is 1. The lowest BCUT2D eigenvalue weighted by Crippen LogP contribution is -2.33. The number of hydrogen-bond donors (Lipinski definition) is 1. The average Bonchev–Trinajstić information content (AvgIpc) is 2.52. The van der Waals surface area contributed by atoms with Crippen molar-refractivity contribution in [2.24, 2.45) is 5.10 Å². The summed E-state index contributed by atoms with van der Waals surface area (Å²) in [5.74, 6) is 0.134. The quantitative estimate of drug-likeness (QED) is 0.618. The second-order valence-corrected chi connectivity index (χ2v) is 5.83. The van der Waals surface area contributed by atoms with Gasteiger partial charge in [-0.05, 0) is 43.3 Å². The van der Waals surface area contributed by atoms with Gasteiger partial charge in [-0.3, -0.25) is 4.79 Å². The minimum atomic E-state index is -0.727. The molecule has 0 aliphatic heterocycles. The molecule has 2 rings (SSSR count). The van der Waals surface area contributed by atoms with E-state index in [0.717, 1.165) is 0 Å². The zero-order valence-corrected chi connectivity index (χ0v) is 14.4. The van der Waals surface area contributed by atoms with Gasteiger partial charge in [0.1, 0.15) is 5.75 Å². The molecule has 1 atom stereocenters. The zero-order valence-electron chi connectivity index (χ0n) is 12.1. The normalized spacial score (nSPS) is 12.2. The Balaban J connectivity index is 1.93. The van der Waals surface area contributed by atoms with Gasteiger partial charge in [-0.1, -0.05) is 40.9 Å². The minimum Gasteiger partial charge on any atom is -0.481 e. The third kappa shape index (κ3) is 5.13. The van der Waals surface area contributed by atoms with E-state index in [-0.39, 0.29) is 0 Å². The highest BCUT2D eigenvalue weighted by atomic mass is 35.5. The number of ether oxygens (including phenoxy) is 1. The largest absolute Gasteiger partial charge is 0.481 e. The van der Waals surface area contributed by atoms with Crippen LogP contribution in [-0.2, 0) is 4.79 Å². The van der Waals surface area contributed by atoms with Crippen molar-refractivity contribution < 1.29 is 9.53 Å². The minimum absolute atomic E-state index is 0.403. The number of rotatable bonds is 5. The molecule has 0 aliphatic carbocycles. The first-order chi connectivity index (χ1) is 11.0. The molecule has 7 heteroatoms. The lowest BCUT2D eigenvalue weighted by molar-refractivity contribution is -0.127. The summed E-state index contributed by atoms with van der Waals surface area (Å²) >= 11 is 17.8. The van der Waals surface area contributed by atoms with E-state index >= 15 is 0 Å². The molecule has 1 N–H and O–H groups in total. The summed E-state index contributed by atoms with van der Waals surface area (Å²) in [5, 5.41) is 5.33. The summed E-state index contributed by atoms with van der Waals surface area (Å²) < 4.78 is 5.48. The fourth-order valence-corrected chi connectivity index (χ4v) is 2.28. The highest BCUT2D eigenvalue weighted by Crippen LogP contribution is 2.22. The van der Waals surface area contributed by atoms with Crippen LogP contribution >= 0.6 is 34.8 Å². The van der Waals surface area contributed by atoms with Gasteiger partial charge in [-0.15, -0.1) is 0 Å². The van der Waals surface area contributed by atoms with Gasteiger partial charge in [0.2, 0.25) is 0 Å². The summed E-state index contributed by atoms with van der Waals surface area (Å²) in [6.07, 6.45) is 0.660. The number of hydrazone groups is 1. The van der Waals surface area contributed by atoms with E-state index in [1.165, 1.54) is 6.21 Å². The Hall–Kier alpha value is -1.75. The van der Waals surface area contributed by atoms with Gasteiger partial charge < -0.3 is 4.74 Å². The lowest BCUT2D eigenvalue weighted by Gasteiger charge is -2.12. The van der Waals surface area contributed by atoms with Crippen LogP contribution in [0.1, 0.15) is 12.5 Å². The number of halogens is 3. The molecular formula is C16H13Cl3N2O2. The molecule has 1 amide bonds. The van der Waals surface area contributed by atoms with Gasteiger partial charge in [0, 0.05) is 10.6 Å². The Labute approximate surface area is 149 Å². The van der Waals surface area contributed by atoms with Crippen molar-refractivity contribution in [1.29, 1.82) is 0 Å². The van der Waals surface area contributed by atoms with E-state index < -0.39 is 12.0 Å². The molecule has 2 aromatic carbocycles. The monoisotopic (exact) mass is 370 g/mol. The fraction of sp³-hybridized carbons (Fsp3) is 0.125. The van der Waals surface area contributed by atoms with E-state index in [1.807, 2.05) is 0 Å². The topological polar surface area (TPSA) is 50.7 Å². The Bertz CT molecular complexity index is 698. The summed E-state index contributed by atoms with van der Waals surface area (Å²) in [7, 11) is 0. The molecule has 0 bridgehead atoms. The molecule has 1 unspecified atom stereocenters. The van der Waals surface area contributed by atoms with Crippen LogP contribution in [0.3, 0.4) is 0 Å². The summed E-state index contributed by atoms with van der Waals surface area (Å²) in [5.41, 5.74) is 2.91. The van der Waals surface area contributed by atoms with E-state index in [9.17, 15) is 4.79 Å². The van der Waals surface area contributed by atoms with Crippen molar-refractivity contribution in [1.82, 2.24) is 5.43 Å². The van der Waals surface area contributed by atoms with E-state index in [0.29, 0.717) is 26.4 Å². The maximum Gasteiger partial charge on any atom is 0.280 e. The van der Waals surface area contributed by atoms with E-state index in [1.54, 1.807) is 49.4 Å². The maximum absolute atomic E-state index is 11.9. The first-order valence-electron chi connectivity index (χ1n) is 6.66. The lowest BCUT2D eigenvalue weighted by atomic mass is 10.2.